The molecule has 0 aliphatic carbocycles. The molecule has 3 aromatic heterocycles. The van der Waals surface area contributed by atoms with Crippen LogP contribution in [0.1, 0.15) is 26.8 Å². The molecule has 3 aromatic carbocycles. The van der Waals surface area contributed by atoms with Gasteiger partial charge >= 0.3 is 5.97 Å². The number of carboxylic acid groups (broad SMARTS) is 1. The van der Waals surface area contributed by atoms with Gasteiger partial charge in [-0.2, -0.15) is 0 Å². The van der Waals surface area contributed by atoms with Gasteiger partial charge < -0.3 is 35.4 Å². The Labute approximate surface area is 353 Å². The number of benzene rings is 3. The van der Waals surface area contributed by atoms with Crippen LogP contribution in [-0.4, -0.2) is 107 Å². The average molecular weight is 856 g/mol. The van der Waals surface area contributed by atoms with Crippen LogP contribution < -0.4 is 25.6 Å². The SMILES string of the molecule is Cc1nc(Nc2ncc(C(=O)Nc3c(C)cccc3Cl)s2)cc(N2CCN(CCOCCOc3cccc4ccc(-c5nc(CC(=O)NCC(=O)O)cs5)cc34)CC2)n1. The van der Waals surface area contributed by atoms with E-state index in [0.717, 1.165) is 71.2 Å². The molecule has 1 aliphatic heterocycles. The van der Waals surface area contributed by atoms with Gasteiger partial charge in [0, 0.05) is 55.1 Å². The fourth-order valence-corrected chi connectivity index (χ4v) is 8.23. The second-order valence-corrected chi connectivity index (χ2v) is 16.0. The van der Waals surface area contributed by atoms with E-state index < -0.39 is 12.5 Å². The minimum atomic E-state index is -1.09. The zero-order valence-corrected chi connectivity index (χ0v) is 34.8. The van der Waals surface area contributed by atoms with E-state index in [4.69, 9.17) is 31.2 Å². The lowest BCUT2D eigenvalue weighted by Crippen LogP contribution is -2.47. The highest BCUT2D eigenvalue weighted by atomic mass is 35.5. The van der Waals surface area contributed by atoms with E-state index >= 15 is 0 Å². The second-order valence-electron chi connectivity index (χ2n) is 13.7. The Kier molecular flexibility index (Phi) is 13.6. The summed E-state index contributed by atoms with van der Waals surface area (Å²) in [6, 6.07) is 19.3. The van der Waals surface area contributed by atoms with Gasteiger partial charge in [-0.15, -0.1) is 11.3 Å². The maximum absolute atomic E-state index is 12.9. The Hall–Kier alpha value is -5.72. The first-order valence-corrected chi connectivity index (χ1v) is 20.9. The van der Waals surface area contributed by atoms with E-state index in [2.05, 4.69) is 40.7 Å². The summed E-state index contributed by atoms with van der Waals surface area (Å²) in [6.07, 6.45) is 1.54. The first-order valence-electron chi connectivity index (χ1n) is 18.9. The third-order valence-electron chi connectivity index (χ3n) is 9.40. The van der Waals surface area contributed by atoms with Crippen molar-refractivity contribution in [2.45, 2.75) is 20.3 Å². The molecule has 0 bridgehead atoms. The lowest BCUT2D eigenvalue weighted by molar-refractivity contribution is -0.137. The van der Waals surface area contributed by atoms with Crippen molar-refractivity contribution >= 4 is 85.3 Å². The lowest BCUT2D eigenvalue weighted by Gasteiger charge is -2.35. The summed E-state index contributed by atoms with van der Waals surface area (Å²) in [4.78, 5) is 59.0. The number of aliphatic carboxylic acids is 1. The van der Waals surface area contributed by atoms with Gasteiger partial charge in [-0.25, -0.2) is 19.9 Å². The number of rotatable bonds is 17. The zero-order chi connectivity index (χ0) is 41.3. The number of anilines is 4. The third-order valence-corrected chi connectivity index (χ3v) is 11.6. The molecule has 0 atom stereocenters. The van der Waals surface area contributed by atoms with Gasteiger partial charge in [-0.3, -0.25) is 19.3 Å². The molecule has 1 saturated heterocycles. The monoisotopic (exact) mass is 855 g/mol. The van der Waals surface area contributed by atoms with Crippen LogP contribution in [0.5, 0.6) is 5.75 Å². The van der Waals surface area contributed by atoms with Gasteiger partial charge in [0.05, 0.1) is 42.2 Å². The molecule has 18 heteroatoms. The Morgan fingerprint density at radius 2 is 1.78 bits per heavy atom. The van der Waals surface area contributed by atoms with Gasteiger partial charge in [0.15, 0.2) is 5.13 Å². The second kappa shape index (κ2) is 19.4. The number of carbonyl (C=O) groups is 3. The molecule has 4 N–H and O–H groups in total. The number of hydrogen-bond acceptors (Lipinski definition) is 14. The number of halogens is 1. The van der Waals surface area contributed by atoms with Crippen LogP contribution in [0.3, 0.4) is 0 Å². The van der Waals surface area contributed by atoms with E-state index in [9.17, 15) is 14.4 Å². The van der Waals surface area contributed by atoms with E-state index in [0.29, 0.717) is 57.9 Å². The number of aromatic nitrogens is 4. The number of ether oxygens (including phenoxy) is 2. The third kappa shape index (κ3) is 11.1. The number of amides is 2. The summed E-state index contributed by atoms with van der Waals surface area (Å²) in [5.41, 5.74) is 2.94. The topological polar surface area (TPSA) is 184 Å². The number of nitrogens with one attached hydrogen (secondary N) is 3. The molecule has 2 amide bonds. The minimum absolute atomic E-state index is 0.0117. The molecule has 0 spiro atoms. The van der Waals surface area contributed by atoms with Crippen LogP contribution in [-0.2, 0) is 20.7 Å². The van der Waals surface area contributed by atoms with Crippen LogP contribution in [0, 0.1) is 13.8 Å². The Morgan fingerprint density at radius 1 is 0.949 bits per heavy atom. The number of thiazole rings is 2. The highest BCUT2D eigenvalue weighted by Gasteiger charge is 2.20. The number of carboxylic acids is 1. The number of para-hydroxylation sites is 1. The fraction of sp³-hybridized carbons (Fsp3) is 0.293. The largest absolute Gasteiger partial charge is 0.491 e. The van der Waals surface area contributed by atoms with Crippen molar-refractivity contribution in [1.29, 1.82) is 0 Å². The smallest absolute Gasteiger partial charge is 0.322 e. The van der Waals surface area contributed by atoms with Crippen molar-refractivity contribution in [3.05, 3.63) is 99.2 Å². The minimum Gasteiger partial charge on any atom is -0.491 e. The quantitative estimate of drug-likeness (QED) is 0.0737. The summed E-state index contributed by atoms with van der Waals surface area (Å²) in [5, 5.41) is 22.8. The van der Waals surface area contributed by atoms with Crippen LogP contribution in [0.15, 0.2) is 72.2 Å². The Balaban J connectivity index is 0.840. The van der Waals surface area contributed by atoms with E-state index in [1.807, 2.05) is 73.8 Å². The molecule has 59 heavy (non-hydrogen) atoms. The summed E-state index contributed by atoms with van der Waals surface area (Å²) >= 11 is 8.95. The van der Waals surface area contributed by atoms with Crippen molar-refractivity contribution in [2.75, 3.05) is 74.6 Å². The molecule has 0 radical (unpaired) electrons. The van der Waals surface area contributed by atoms with E-state index in [1.165, 1.54) is 28.9 Å². The summed E-state index contributed by atoms with van der Waals surface area (Å²) in [7, 11) is 0. The zero-order valence-electron chi connectivity index (χ0n) is 32.4. The van der Waals surface area contributed by atoms with E-state index in [-0.39, 0.29) is 18.2 Å². The summed E-state index contributed by atoms with van der Waals surface area (Å²) in [6.45, 7) is 8.86. The number of fused-ring (bicyclic) bond motifs is 1. The number of hydrogen-bond donors (Lipinski definition) is 4. The van der Waals surface area contributed by atoms with Crippen LogP contribution >= 0.6 is 34.3 Å². The van der Waals surface area contributed by atoms with Gasteiger partial charge in [-0.05, 0) is 43.0 Å². The maximum atomic E-state index is 12.9. The molecule has 7 rings (SSSR count). The molecule has 4 heterocycles. The molecule has 0 saturated carbocycles. The Morgan fingerprint density at radius 3 is 2.59 bits per heavy atom. The Bertz CT molecular complexity index is 2430. The number of aryl methyl sites for hydroxylation is 2. The fourth-order valence-electron chi connectivity index (χ4n) is 6.42. The standard InChI is InChI=1S/C41H42ClN9O6S2/c1-25-5-3-7-31(42)38(25)49-39(55)33-22-44-41(59-33)48-34-21-35(46-26(2)45-34)51-13-11-50(12-14-51)15-16-56-17-18-57-32-8-4-6-27-9-10-28(19-30(27)32)40-47-29(24-58-40)20-36(52)43-23-37(53)54/h3-10,19,21-22,24H,11-18,20,23H2,1-2H3,(H,43,52)(H,49,55)(H,53,54)(H,44,45,46,48). The molecule has 15 nitrogen and oxygen atoms in total. The van der Waals surface area contributed by atoms with E-state index in [1.54, 1.807) is 6.07 Å². The molecule has 6 aromatic rings. The molecular weight excluding hydrogens is 814 g/mol. The molecule has 1 fully saturated rings. The van der Waals surface area contributed by atoms with Crippen molar-refractivity contribution in [3.63, 3.8) is 0 Å². The highest BCUT2D eigenvalue weighted by Crippen LogP contribution is 2.33. The number of nitrogens with zero attached hydrogens (tertiary/aromatic N) is 6. The molecule has 1 aliphatic rings. The normalized spacial score (nSPS) is 13.0. The van der Waals surface area contributed by atoms with Crippen molar-refractivity contribution in [1.82, 2.24) is 30.2 Å². The number of piperazine rings is 1. The van der Waals surface area contributed by atoms with Gasteiger partial charge in [-0.1, -0.05) is 59.3 Å². The van der Waals surface area contributed by atoms with Crippen molar-refractivity contribution in [2.24, 2.45) is 0 Å². The summed E-state index contributed by atoms with van der Waals surface area (Å²) in [5.74, 6) is 1.04. The maximum Gasteiger partial charge on any atom is 0.322 e. The average Bonchev–Trinajstić information content (AvgIpc) is 3.90. The van der Waals surface area contributed by atoms with Crippen LogP contribution in [0.2, 0.25) is 5.02 Å². The number of carbonyl (C=O) groups excluding carboxylic acids is 2. The van der Waals surface area contributed by atoms with Crippen LogP contribution in [0.4, 0.5) is 22.5 Å². The first-order chi connectivity index (χ1) is 28.6. The molecule has 306 valence electrons. The van der Waals surface area contributed by atoms with Gasteiger partial charge in [0.1, 0.15) is 46.2 Å². The lowest BCUT2D eigenvalue weighted by atomic mass is 10.1. The van der Waals surface area contributed by atoms with Gasteiger partial charge in [0.25, 0.3) is 5.91 Å². The first kappa shape index (κ1) is 41.4. The highest BCUT2D eigenvalue weighted by molar-refractivity contribution is 7.17. The van der Waals surface area contributed by atoms with Gasteiger partial charge in [0.2, 0.25) is 5.91 Å². The molecule has 0 unspecified atom stereocenters. The van der Waals surface area contributed by atoms with Crippen LogP contribution in [0.25, 0.3) is 21.3 Å². The van der Waals surface area contributed by atoms with Crippen molar-refractivity contribution < 1.29 is 29.0 Å². The van der Waals surface area contributed by atoms with Crippen molar-refractivity contribution in [3.8, 4) is 16.3 Å². The summed E-state index contributed by atoms with van der Waals surface area (Å²) < 4.78 is 12.1. The predicted molar refractivity (Wildman–Crippen MR) is 231 cm³/mol. The predicted octanol–water partition coefficient (Wildman–Crippen LogP) is 6.44. The molecular formula is C41H42ClN9O6S2.